The van der Waals surface area contributed by atoms with Gasteiger partial charge in [-0.1, -0.05) is 37.7 Å². The first-order chi connectivity index (χ1) is 11.5. The number of nitrogens with one attached hydrogen (secondary N) is 1. The van der Waals surface area contributed by atoms with Gasteiger partial charge >= 0.3 is 0 Å². The van der Waals surface area contributed by atoms with Crippen LogP contribution in [0.1, 0.15) is 19.4 Å². The lowest BCUT2D eigenvalue weighted by Crippen LogP contribution is -2.13. The van der Waals surface area contributed by atoms with Crippen LogP contribution in [-0.4, -0.2) is 21.0 Å². The fraction of sp³-hybridized carbons (Fsp3) is 0.250. The molecule has 0 unspecified atom stereocenters. The Morgan fingerprint density at radius 3 is 2.79 bits per heavy atom. The van der Waals surface area contributed by atoms with Crippen molar-refractivity contribution in [2.24, 2.45) is 5.92 Å². The van der Waals surface area contributed by atoms with Gasteiger partial charge in [0.05, 0.1) is 0 Å². The minimum Gasteiger partial charge on any atom is -0.296 e. The predicted octanol–water partition coefficient (Wildman–Crippen LogP) is 3.97. The van der Waals surface area contributed by atoms with Crippen LogP contribution in [0.15, 0.2) is 35.0 Å². The second-order valence-electron chi connectivity index (χ2n) is 5.26. The molecule has 0 saturated carbocycles. The quantitative estimate of drug-likeness (QED) is 0.478. The number of benzene rings is 1. The molecular formula is C16H15FN4OS2. The normalized spacial score (nSPS) is 11.4. The van der Waals surface area contributed by atoms with E-state index in [2.05, 4.69) is 28.5 Å². The van der Waals surface area contributed by atoms with Crippen molar-refractivity contribution in [3.8, 4) is 6.07 Å². The Kier molecular flexibility index (Phi) is 6.46. The van der Waals surface area contributed by atoms with E-state index in [0.717, 1.165) is 17.3 Å². The lowest BCUT2D eigenvalue weighted by molar-refractivity contribution is -0.112. The van der Waals surface area contributed by atoms with Gasteiger partial charge in [0.2, 0.25) is 10.3 Å². The zero-order valence-corrected chi connectivity index (χ0v) is 14.7. The summed E-state index contributed by atoms with van der Waals surface area (Å²) in [4.78, 5) is 16.4. The molecule has 24 heavy (non-hydrogen) atoms. The Labute approximate surface area is 147 Å². The summed E-state index contributed by atoms with van der Waals surface area (Å²) in [6.45, 7) is 4.20. The molecule has 1 amide bonds. The average Bonchev–Trinajstić information content (AvgIpc) is 2.99. The molecule has 2 rings (SSSR count). The molecule has 1 heterocycles. The number of anilines is 1. The number of rotatable bonds is 6. The summed E-state index contributed by atoms with van der Waals surface area (Å²) in [6.07, 6.45) is 1.39. The van der Waals surface area contributed by atoms with Gasteiger partial charge in [-0.15, -0.1) is 0 Å². The first-order valence-electron chi connectivity index (χ1n) is 7.13. The summed E-state index contributed by atoms with van der Waals surface area (Å²) in [6, 6.07) is 7.35. The molecule has 0 atom stereocenters. The van der Waals surface area contributed by atoms with Crippen LogP contribution in [0.2, 0.25) is 0 Å². The first kappa shape index (κ1) is 18.1. The topological polar surface area (TPSA) is 78.7 Å². The van der Waals surface area contributed by atoms with E-state index in [-0.39, 0.29) is 11.4 Å². The van der Waals surface area contributed by atoms with Gasteiger partial charge in [-0.25, -0.2) is 4.39 Å². The fourth-order valence-electron chi connectivity index (χ4n) is 1.60. The van der Waals surface area contributed by atoms with Gasteiger partial charge in [-0.2, -0.15) is 14.6 Å². The summed E-state index contributed by atoms with van der Waals surface area (Å²) < 4.78 is 17.0. The minimum atomic E-state index is -0.571. The highest BCUT2D eigenvalue weighted by molar-refractivity contribution is 7.99. The van der Waals surface area contributed by atoms with Crippen LogP contribution in [-0.2, 0) is 4.79 Å². The number of carbonyl (C=O) groups excluding carboxylic acids is 1. The average molecular weight is 362 g/mol. The van der Waals surface area contributed by atoms with Gasteiger partial charge < -0.3 is 0 Å². The van der Waals surface area contributed by atoms with Gasteiger partial charge in [0.25, 0.3) is 5.91 Å². The Morgan fingerprint density at radius 1 is 1.46 bits per heavy atom. The summed E-state index contributed by atoms with van der Waals surface area (Å²) in [5, 5.41) is 12.7. The maximum absolute atomic E-state index is 12.9. The van der Waals surface area contributed by atoms with E-state index in [1.54, 1.807) is 0 Å². The Bertz CT molecular complexity index is 778. The lowest BCUT2D eigenvalue weighted by Gasteiger charge is -2.00. The number of halogens is 1. The van der Waals surface area contributed by atoms with Crippen LogP contribution in [0.3, 0.4) is 0 Å². The predicted molar refractivity (Wildman–Crippen MR) is 94.1 cm³/mol. The molecule has 8 heteroatoms. The van der Waals surface area contributed by atoms with Crippen molar-refractivity contribution in [1.29, 1.82) is 5.26 Å². The lowest BCUT2D eigenvalue weighted by atomic mass is 10.1. The third-order valence-corrected chi connectivity index (χ3v) is 4.74. The van der Waals surface area contributed by atoms with Gasteiger partial charge in [0, 0.05) is 17.3 Å². The number of hydrogen-bond acceptors (Lipinski definition) is 6. The SMILES string of the molecule is CC(C)CSc1nsc(NC(=O)/C(C#N)=C\c2ccc(F)cc2)n1. The maximum Gasteiger partial charge on any atom is 0.268 e. The second-order valence-corrected chi connectivity index (χ2v) is 7.00. The van der Waals surface area contributed by atoms with Crippen molar-refractivity contribution < 1.29 is 9.18 Å². The summed E-state index contributed by atoms with van der Waals surface area (Å²) in [7, 11) is 0. The molecule has 0 radical (unpaired) electrons. The molecule has 0 aliphatic carbocycles. The molecule has 0 aliphatic heterocycles. The largest absolute Gasteiger partial charge is 0.296 e. The third kappa shape index (κ3) is 5.44. The molecule has 0 fully saturated rings. The van der Waals surface area contributed by atoms with Crippen LogP contribution >= 0.6 is 23.3 Å². The first-order valence-corrected chi connectivity index (χ1v) is 8.89. The number of nitriles is 1. The van der Waals surface area contributed by atoms with Crippen LogP contribution in [0.5, 0.6) is 0 Å². The number of carbonyl (C=O) groups is 1. The highest BCUT2D eigenvalue weighted by Gasteiger charge is 2.13. The smallest absolute Gasteiger partial charge is 0.268 e. The van der Waals surface area contributed by atoms with E-state index >= 15 is 0 Å². The van der Waals surface area contributed by atoms with E-state index in [1.807, 2.05) is 6.07 Å². The van der Waals surface area contributed by atoms with E-state index in [9.17, 15) is 9.18 Å². The van der Waals surface area contributed by atoms with E-state index in [4.69, 9.17) is 5.26 Å². The number of aromatic nitrogens is 2. The molecule has 1 N–H and O–H groups in total. The molecule has 5 nitrogen and oxygen atoms in total. The molecule has 0 saturated heterocycles. The Balaban J connectivity index is 2.04. The van der Waals surface area contributed by atoms with Crippen LogP contribution in [0, 0.1) is 23.1 Å². The van der Waals surface area contributed by atoms with Crippen molar-refractivity contribution in [3.63, 3.8) is 0 Å². The zero-order valence-electron chi connectivity index (χ0n) is 13.1. The minimum absolute atomic E-state index is 0.0896. The van der Waals surface area contributed by atoms with Crippen molar-refractivity contribution in [2.45, 2.75) is 19.0 Å². The molecule has 124 valence electrons. The van der Waals surface area contributed by atoms with Gasteiger partial charge in [-0.05, 0) is 29.7 Å². The number of amides is 1. The molecule has 0 spiro atoms. The number of thioether (sulfide) groups is 1. The molecule has 2 aromatic rings. The van der Waals surface area contributed by atoms with Gasteiger partial charge in [0.1, 0.15) is 17.5 Å². The molecule has 1 aromatic heterocycles. The van der Waals surface area contributed by atoms with Crippen molar-refractivity contribution in [2.75, 3.05) is 11.1 Å². The fourth-order valence-corrected chi connectivity index (χ4v) is 3.09. The second kappa shape index (κ2) is 8.57. The monoisotopic (exact) mass is 362 g/mol. The maximum atomic E-state index is 12.9. The number of nitrogens with zero attached hydrogens (tertiary/aromatic N) is 3. The van der Waals surface area contributed by atoms with E-state index in [0.29, 0.717) is 21.8 Å². The summed E-state index contributed by atoms with van der Waals surface area (Å²) >= 11 is 2.58. The zero-order chi connectivity index (χ0) is 17.5. The molecular weight excluding hydrogens is 347 g/mol. The summed E-state index contributed by atoms with van der Waals surface area (Å²) in [5.74, 6) is 0.451. The molecule has 0 aliphatic rings. The van der Waals surface area contributed by atoms with Crippen LogP contribution in [0.4, 0.5) is 9.52 Å². The van der Waals surface area contributed by atoms with Crippen molar-refractivity contribution >= 4 is 40.4 Å². The van der Waals surface area contributed by atoms with Crippen LogP contribution < -0.4 is 5.32 Å². The highest BCUT2D eigenvalue weighted by atomic mass is 32.2. The van der Waals surface area contributed by atoms with Crippen molar-refractivity contribution in [3.05, 3.63) is 41.2 Å². The third-order valence-electron chi connectivity index (χ3n) is 2.72. The van der Waals surface area contributed by atoms with E-state index < -0.39 is 5.91 Å². The van der Waals surface area contributed by atoms with Crippen molar-refractivity contribution in [1.82, 2.24) is 9.36 Å². The standard InChI is InChI=1S/C16H15FN4OS2/c1-10(2)9-23-16-20-15(24-21-16)19-14(22)12(8-18)7-11-3-5-13(17)6-4-11/h3-7,10H,9H2,1-2H3,(H,19,20,21,22)/b12-7-. The van der Waals surface area contributed by atoms with Crippen LogP contribution in [0.25, 0.3) is 6.08 Å². The van der Waals surface area contributed by atoms with E-state index in [1.165, 1.54) is 42.1 Å². The molecule has 1 aromatic carbocycles. The van der Waals surface area contributed by atoms with Gasteiger partial charge in [-0.3, -0.25) is 10.1 Å². The van der Waals surface area contributed by atoms with Gasteiger partial charge in [0.15, 0.2) is 0 Å². The number of hydrogen-bond donors (Lipinski definition) is 1. The molecule has 0 bridgehead atoms. The summed E-state index contributed by atoms with van der Waals surface area (Å²) in [5.41, 5.74) is 0.474. The Morgan fingerprint density at radius 2 is 2.17 bits per heavy atom. The Hall–Kier alpha value is -2.24. The highest BCUT2D eigenvalue weighted by Crippen LogP contribution is 2.22.